The van der Waals surface area contributed by atoms with Crippen LogP contribution in [0.2, 0.25) is 0 Å². The largest absolute Gasteiger partial charge is 0.489 e. The van der Waals surface area contributed by atoms with Crippen LogP contribution in [0.25, 0.3) is 0 Å². The molecule has 1 aromatic heterocycles. The number of rotatable bonds is 6. The molecule has 0 fully saturated rings. The van der Waals surface area contributed by atoms with Crippen LogP contribution in [-0.2, 0) is 16.1 Å². The number of hydrogen-bond acceptors (Lipinski definition) is 7. The number of carbonyl (C=O) groups excluding carboxylic acids is 3. The second-order valence-electron chi connectivity index (χ2n) is 5.52. The first kappa shape index (κ1) is 19.0. The predicted molar refractivity (Wildman–Crippen MR) is 89.4 cm³/mol. The van der Waals surface area contributed by atoms with Gasteiger partial charge in [-0.2, -0.15) is 0 Å². The maximum absolute atomic E-state index is 12.1. The number of imide groups is 1. The summed E-state index contributed by atoms with van der Waals surface area (Å²) in [4.78, 5) is 34.3. The molecule has 0 aliphatic heterocycles. The summed E-state index contributed by atoms with van der Waals surface area (Å²) < 4.78 is 15.7. The number of amides is 3. The van der Waals surface area contributed by atoms with E-state index in [1.54, 1.807) is 19.1 Å². The summed E-state index contributed by atoms with van der Waals surface area (Å²) in [5, 5.41) is 5.68. The standard InChI is InChI=1S/C17H19N3O6/c1-9-14(10(2)26-20-9)8-24-13-6-4-5-12(7-13)16(22)25-11(3)15(21)19-17(18)23/h4-7,11H,8H2,1-3H3,(H3,18,19,21,23)/t11-/m1/s1. The Morgan fingerprint density at radius 3 is 2.65 bits per heavy atom. The van der Waals surface area contributed by atoms with Crippen LogP contribution in [0.15, 0.2) is 28.8 Å². The van der Waals surface area contributed by atoms with Crippen molar-refractivity contribution >= 4 is 17.9 Å². The van der Waals surface area contributed by atoms with Crippen LogP contribution in [0.3, 0.4) is 0 Å². The van der Waals surface area contributed by atoms with Crippen LogP contribution >= 0.6 is 0 Å². The number of carbonyl (C=O) groups is 3. The van der Waals surface area contributed by atoms with Crippen molar-refractivity contribution in [3.8, 4) is 5.75 Å². The number of esters is 1. The van der Waals surface area contributed by atoms with Crippen molar-refractivity contribution in [1.82, 2.24) is 10.5 Å². The lowest BCUT2D eigenvalue weighted by atomic mass is 10.2. The van der Waals surface area contributed by atoms with Crippen molar-refractivity contribution in [3.05, 3.63) is 46.8 Å². The number of hydrogen-bond donors (Lipinski definition) is 2. The van der Waals surface area contributed by atoms with Crippen molar-refractivity contribution in [2.45, 2.75) is 33.5 Å². The van der Waals surface area contributed by atoms with E-state index in [1.165, 1.54) is 19.1 Å². The lowest BCUT2D eigenvalue weighted by Gasteiger charge is -2.12. The Kier molecular flexibility index (Phi) is 5.94. The maximum atomic E-state index is 12.1. The van der Waals surface area contributed by atoms with Crippen molar-refractivity contribution < 1.29 is 28.4 Å². The molecular weight excluding hydrogens is 342 g/mol. The van der Waals surface area contributed by atoms with Crippen LogP contribution in [-0.4, -0.2) is 29.2 Å². The number of primary amides is 1. The lowest BCUT2D eigenvalue weighted by Crippen LogP contribution is -2.42. The van der Waals surface area contributed by atoms with Gasteiger partial charge in [0.05, 0.1) is 16.8 Å². The van der Waals surface area contributed by atoms with Gasteiger partial charge >= 0.3 is 12.0 Å². The molecule has 3 N–H and O–H groups in total. The number of aryl methyl sites for hydroxylation is 2. The van der Waals surface area contributed by atoms with Gasteiger partial charge in [-0.25, -0.2) is 9.59 Å². The number of ether oxygens (including phenoxy) is 2. The maximum Gasteiger partial charge on any atom is 0.339 e. The third-order valence-electron chi connectivity index (χ3n) is 3.53. The molecule has 9 nitrogen and oxygen atoms in total. The zero-order valence-corrected chi connectivity index (χ0v) is 14.6. The van der Waals surface area contributed by atoms with E-state index in [9.17, 15) is 14.4 Å². The fourth-order valence-electron chi connectivity index (χ4n) is 2.08. The van der Waals surface area contributed by atoms with Crippen LogP contribution in [0.1, 0.15) is 34.3 Å². The third kappa shape index (κ3) is 4.82. The van der Waals surface area contributed by atoms with Gasteiger partial charge in [-0.3, -0.25) is 10.1 Å². The summed E-state index contributed by atoms with van der Waals surface area (Å²) in [7, 11) is 0. The molecule has 9 heteroatoms. The van der Waals surface area contributed by atoms with Crippen LogP contribution < -0.4 is 15.8 Å². The number of nitrogens with one attached hydrogen (secondary N) is 1. The second kappa shape index (κ2) is 8.15. The van der Waals surface area contributed by atoms with E-state index in [0.29, 0.717) is 11.5 Å². The molecule has 138 valence electrons. The first-order valence-corrected chi connectivity index (χ1v) is 7.73. The smallest absolute Gasteiger partial charge is 0.339 e. The first-order valence-electron chi connectivity index (χ1n) is 7.73. The molecule has 0 spiro atoms. The summed E-state index contributed by atoms with van der Waals surface area (Å²) in [6.07, 6.45) is -1.18. The van der Waals surface area contributed by atoms with E-state index >= 15 is 0 Å². The molecule has 0 saturated heterocycles. The SMILES string of the molecule is Cc1noc(C)c1COc1cccc(C(=O)O[C@H](C)C(=O)NC(N)=O)c1. The molecule has 0 unspecified atom stereocenters. The molecule has 2 rings (SSSR count). The minimum Gasteiger partial charge on any atom is -0.489 e. The number of aromatic nitrogens is 1. The van der Waals surface area contributed by atoms with E-state index in [-0.39, 0.29) is 12.2 Å². The highest BCUT2D eigenvalue weighted by molar-refractivity contribution is 5.98. The van der Waals surface area contributed by atoms with Gasteiger partial charge in [0, 0.05) is 0 Å². The van der Waals surface area contributed by atoms with Gasteiger partial charge in [0.15, 0.2) is 6.10 Å². The quantitative estimate of drug-likeness (QED) is 0.746. The Morgan fingerprint density at radius 1 is 1.31 bits per heavy atom. The second-order valence-corrected chi connectivity index (χ2v) is 5.52. The van der Waals surface area contributed by atoms with Gasteiger partial charge in [0.2, 0.25) is 0 Å². The Labute approximate surface area is 149 Å². The molecule has 0 aliphatic rings. The molecule has 2 aromatic rings. The van der Waals surface area contributed by atoms with Crippen molar-refractivity contribution in [2.75, 3.05) is 0 Å². The zero-order chi connectivity index (χ0) is 19.3. The normalized spacial score (nSPS) is 11.5. The highest BCUT2D eigenvalue weighted by Crippen LogP contribution is 2.19. The van der Waals surface area contributed by atoms with E-state index in [0.717, 1.165) is 11.3 Å². The summed E-state index contributed by atoms with van der Waals surface area (Å²) in [5.74, 6) is -0.447. The highest BCUT2D eigenvalue weighted by atomic mass is 16.5. The monoisotopic (exact) mass is 361 g/mol. The highest BCUT2D eigenvalue weighted by Gasteiger charge is 2.20. The molecule has 0 saturated carbocycles. The Bertz CT molecular complexity index is 810. The minimum atomic E-state index is -1.18. The summed E-state index contributed by atoms with van der Waals surface area (Å²) >= 11 is 0. The van der Waals surface area contributed by atoms with E-state index in [2.05, 4.69) is 5.16 Å². The molecule has 3 amide bonds. The fraction of sp³-hybridized carbons (Fsp3) is 0.294. The summed E-state index contributed by atoms with van der Waals surface area (Å²) in [6, 6.07) is 5.28. The number of nitrogens with two attached hydrogens (primary N) is 1. The average molecular weight is 361 g/mol. The van der Waals surface area contributed by atoms with Crippen LogP contribution in [0, 0.1) is 13.8 Å². The van der Waals surface area contributed by atoms with Crippen molar-refractivity contribution in [1.29, 1.82) is 0 Å². The molecule has 0 aliphatic carbocycles. The molecular formula is C17H19N3O6. The molecule has 0 bridgehead atoms. The van der Waals surface area contributed by atoms with Gasteiger partial charge < -0.3 is 19.7 Å². The summed E-state index contributed by atoms with van der Waals surface area (Å²) in [6.45, 7) is 5.15. The van der Waals surface area contributed by atoms with Crippen LogP contribution in [0.4, 0.5) is 4.79 Å². The van der Waals surface area contributed by atoms with Crippen LogP contribution in [0.5, 0.6) is 5.75 Å². The van der Waals surface area contributed by atoms with E-state index in [1.807, 2.05) is 12.2 Å². The Balaban J connectivity index is 2.00. The summed E-state index contributed by atoms with van der Waals surface area (Å²) in [5.41, 5.74) is 6.60. The number of benzene rings is 1. The van der Waals surface area contributed by atoms with E-state index < -0.39 is 24.0 Å². The average Bonchev–Trinajstić information content (AvgIpc) is 2.90. The molecule has 0 radical (unpaired) electrons. The van der Waals surface area contributed by atoms with Gasteiger partial charge in [0.1, 0.15) is 18.1 Å². The zero-order valence-electron chi connectivity index (χ0n) is 14.6. The minimum absolute atomic E-state index is 0.194. The number of urea groups is 1. The van der Waals surface area contributed by atoms with Gasteiger partial charge in [-0.15, -0.1) is 0 Å². The van der Waals surface area contributed by atoms with Crippen molar-refractivity contribution in [2.24, 2.45) is 5.73 Å². The van der Waals surface area contributed by atoms with Gasteiger partial charge in [-0.05, 0) is 39.0 Å². The molecule has 26 heavy (non-hydrogen) atoms. The third-order valence-corrected chi connectivity index (χ3v) is 3.53. The van der Waals surface area contributed by atoms with Gasteiger partial charge in [0.25, 0.3) is 5.91 Å². The van der Waals surface area contributed by atoms with Gasteiger partial charge in [-0.1, -0.05) is 11.2 Å². The van der Waals surface area contributed by atoms with E-state index in [4.69, 9.17) is 19.7 Å². The first-order chi connectivity index (χ1) is 12.3. The Morgan fingerprint density at radius 2 is 2.04 bits per heavy atom. The van der Waals surface area contributed by atoms with Crippen molar-refractivity contribution in [3.63, 3.8) is 0 Å². The predicted octanol–water partition coefficient (Wildman–Crippen LogP) is 1.61. The molecule has 1 atom stereocenters. The fourth-order valence-corrected chi connectivity index (χ4v) is 2.08. The lowest BCUT2D eigenvalue weighted by molar-refractivity contribution is -0.127. The number of nitrogens with zero attached hydrogens (tertiary/aromatic N) is 1. The Hall–Kier alpha value is -3.36. The molecule has 1 aromatic carbocycles. The molecule has 1 heterocycles. The topological polar surface area (TPSA) is 134 Å².